The van der Waals surface area contributed by atoms with Crippen molar-refractivity contribution in [3.05, 3.63) is 168 Å². The first kappa shape index (κ1) is 123. The van der Waals surface area contributed by atoms with Crippen LogP contribution in [0, 0.1) is 16.7 Å². The minimum atomic E-state index is -0.970. The number of hydrogen-bond donors (Lipinski definition) is 10. The van der Waals surface area contributed by atoms with Crippen molar-refractivity contribution in [1.82, 2.24) is 67.9 Å². The second-order valence-electron chi connectivity index (χ2n) is 42.0. The fourth-order valence-electron chi connectivity index (χ4n) is 19.7. The molecular formula is C116H171N17O16. The van der Waals surface area contributed by atoms with Crippen molar-refractivity contribution in [3.63, 3.8) is 0 Å². The van der Waals surface area contributed by atoms with Gasteiger partial charge in [-0.05, 0) is 170 Å². The molecule has 4 aromatic rings. The van der Waals surface area contributed by atoms with E-state index in [2.05, 4.69) is 136 Å². The molecule has 3 heterocycles. The first-order chi connectivity index (χ1) is 69.4. The lowest BCUT2D eigenvalue weighted by Crippen LogP contribution is -2.59. The summed E-state index contributed by atoms with van der Waals surface area (Å²) in [5, 5.41) is 29.3. The van der Waals surface area contributed by atoms with Crippen molar-refractivity contribution in [3.8, 4) is 22.3 Å². The molecular weight excluding hydrogens is 1890 g/mol. The number of likely N-dealkylation sites (tertiary alicyclic amines) is 3. The van der Waals surface area contributed by atoms with Gasteiger partial charge in [0.15, 0.2) is 0 Å². The quantitative estimate of drug-likeness (QED) is 0.0113. The summed E-state index contributed by atoms with van der Waals surface area (Å²) >= 11 is 0. The van der Waals surface area contributed by atoms with Crippen LogP contribution in [0.4, 0.5) is 14.4 Å². The number of alkyl carbamates (subject to hydrolysis) is 2. The van der Waals surface area contributed by atoms with Gasteiger partial charge in [0, 0.05) is 90.2 Å². The van der Waals surface area contributed by atoms with E-state index >= 15 is 0 Å². The van der Waals surface area contributed by atoms with Gasteiger partial charge in [-0.2, -0.15) is 0 Å². The van der Waals surface area contributed by atoms with E-state index in [0.717, 1.165) is 164 Å². The van der Waals surface area contributed by atoms with E-state index in [1.807, 2.05) is 130 Å². The normalized spacial score (nSPS) is 19.1. The number of ether oxygens (including phenoxy) is 3. The van der Waals surface area contributed by atoms with E-state index in [9.17, 15) is 62.3 Å². The lowest BCUT2D eigenvalue weighted by molar-refractivity contribution is -0.144. The Morgan fingerprint density at radius 3 is 0.973 bits per heavy atom. The van der Waals surface area contributed by atoms with Crippen LogP contribution in [0.15, 0.2) is 166 Å². The summed E-state index contributed by atoms with van der Waals surface area (Å²) in [5.74, 6) is -2.65. The van der Waals surface area contributed by atoms with Gasteiger partial charge in [0.1, 0.15) is 72.9 Å². The molecule has 0 spiro atoms. The van der Waals surface area contributed by atoms with Crippen LogP contribution >= 0.6 is 0 Å². The Labute approximate surface area is 884 Å². The van der Waals surface area contributed by atoms with Crippen LogP contribution in [0.1, 0.15) is 294 Å². The van der Waals surface area contributed by atoms with Crippen LogP contribution in [0.2, 0.25) is 0 Å². The van der Waals surface area contributed by atoms with Gasteiger partial charge in [0.25, 0.3) is 23.6 Å². The summed E-state index contributed by atoms with van der Waals surface area (Å²) in [5.41, 5.74) is 11.3. The Morgan fingerprint density at radius 2 is 0.671 bits per heavy atom. The first-order valence-electron chi connectivity index (χ1n) is 52.1. The average molecular weight is 2060 g/mol. The molecule has 3 saturated heterocycles. The molecule has 8 fully saturated rings. The maximum absolute atomic E-state index is 14.2. The summed E-state index contributed by atoms with van der Waals surface area (Å²) in [7, 11) is 6.23. The number of fused-ring (bicyclic) bond motifs is 6. The van der Waals surface area contributed by atoms with Crippen molar-refractivity contribution in [2.24, 2.45) is 36.7 Å². The summed E-state index contributed by atoms with van der Waals surface area (Å²) in [6, 6.07) is 27.1. The number of nitrogens with zero attached hydrogens (tertiary/aromatic N) is 7. The number of hydrogen-bond acceptors (Lipinski definition) is 20. The standard InChI is InChI=1S/C37H47N5O5.C31H36N4O4.C30H49N5O4.C14H23N3O3.4CH4/c1-7-12-29(31(38-6)34(44)39-23-17-18-23)40-33(43)30-19-22(2)20-42(30)35(45)32(37(3,4)5)41-36(46)47-21-28-26-15-10-8-13-24(26)25-14-9-11-16-27(25)28;1-4-9-26(28(32-3)30(37)33-20-14-15-20)34-29(36)27-16-19(2)17-35(27)31(38)39-18-25-23-12-7-5-10-21(23)22-11-6-8-13-24(22)25;1-7-11-22(25(31-6)28(38)32-21-14-15-21)33-27(37)23-16-19(2)18-35(23)29(39)26(30(3,4)5)34-24(36)17-20-12-9-8-10-13-20;1-4-6-11(17-14(19)20-9-5-2)12(15-3)13(18)16-10-7-8-10;;;;/h8-11,13-16,23,28-30,32H,2,7,12,17-21H2,1,3-6H3,(H,39,44)(H,40,43)(H,41,46);5-8,10-13,20,25-27H,2,4,9,14-18H2,1,3H3,(H,33,37)(H,34,36);20-23,26H,2,7-18H2,1,3-6H3,(H,32,38)(H,33,37)(H,34,36);5,10-11H,2,4,6-9H2,1,3H3,(H,16,18)(H,17,19);4*1H4/t29-,30-,32+;26-,27-;22-,23-,26+;11-;;;;/m0000..../s1. The molecule has 13 amide bonds. The third kappa shape index (κ3) is 34.0. The maximum atomic E-state index is 14.2. The van der Waals surface area contributed by atoms with Gasteiger partial charge in [-0.25, -0.2) is 14.4 Å². The predicted molar refractivity (Wildman–Crippen MR) is 591 cm³/mol. The number of benzene rings is 4. The van der Waals surface area contributed by atoms with Crippen molar-refractivity contribution in [2.75, 3.05) is 67.6 Å². The molecule has 4 aromatic carbocycles. The Balaban J connectivity index is 0.000000275. The van der Waals surface area contributed by atoms with Crippen molar-refractivity contribution in [1.29, 1.82) is 0 Å². The van der Waals surface area contributed by atoms with Gasteiger partial charge in [-0.1, -0.05) is 290 Å². The predicted octanol–water partition coefficient (Wildman–Crippen LogP) is 16.2. The smallest absolute Gasteiger partial charge is 0.410 e. The second kappa shape index (κ2) is 57.7. The molecule has 149 heavy (non-hydrogen) atoms. The van der Waals surface area contributed by atoms with Gasteiger partial charge < -0.3 is 77.2 Å². The zero-order valence-corrected chi connectivity index (χ0v) is 87.5. The number of nitrogens with one attached hydrogen (secondary N) is 10. The van der Waals surface area contributed by atoms with Crippen molar-refractivity contribution >= 4 is 100 Å². The molecule has 0 bridgehead atoms. The highest BCUT2D eigenvalue weighted by Crippen LogP contribution is 2.47. The SMILES string of the molecule is C.C.C.C.C=C1C[C@@H](C(=O)N[C@@H](CCC)C(=NC)C(=O)NC2CC2)N(C(=O)OCC2c3ccccc3-c3ccccc32)C1.C=C1C[C@@H](C(=O)N[C@@H](CCC)C(=NC)C(=O)NC2CC2)N(C(=O)[C@@H](NC(=O)CC2CCCCC2)C(C)(C)C)C1.C=C1C[C@@H](C(=O)N[C@@H](CCC)C(=NC)C(=O)NC2CC2)N(C(=O)[C@@H](NC(=O)OCC2c3ccccc3-c3ccccc32)C(C)(C)C)C1.C=CCOC(=O)N[C@@H](CCC)C(=NC)C(=O)NC1CC1. The molecule has 33 nitrogen and oxygen atoms in total. The molecule has 3 aliphatic heterocycles. The maximum Gasteiger partial charge on any atom is 0.410 e. The number of carbonyl (C=O) groups excluding carboxylic acids is 13. The van der Waals surface area contributed by atoms with Crippen LogP contribution in [0.3, 0.4) is 0 Å². The molecule has 7 aliphatic carbocycles. The topological polar surface area (TPSA) is 429 Å². The Morgan fingerprint density at radius 1 is 0.383 bits per heavy atom. The third-order valence-electron chi connectivity index (χ3n) is 27.9. The van der Waals surface area contributed by atoms with Gasteiger partial charge in [-0.15, -0.1) is 0 Å². The molecule has 33 heteroatoms. The van der Waals surface area contributed by atoms with E-state index in [0.29, 0.717) is 68.0 Å². The molecule has 0 unspecified atom stereocenters. The van der Waals surface area contributed by atoms with Gasteiger partial charge >= 0.3 is 18.3 Å². The van der Waals surface area contributed by atoms with Crippen LogP contribution in [0.5, 0.6) is 0 Å². The number of amides is 13. The average Bonchev–Trinajstić information content (AvgIpc) is 1.61. The second-order valence-corrected chi connectivity index (χ2v) is 42.0. The van der Waals surface area contributed by atoms with E-state index in [1.165, 1.54) is 22.3 Å². The van der Waals surface area contributed by atoms with Crippen LogP contribution in [-0.2, 0) is 62.2 Å². The summed E-state index contributed by atoms with van der Waals surface area (Å²) in [6.07, 6.45) is 19.8. The molecule has 10 aliphatic rings. The lowest BCUT2D eigenvalue weighted by atomic mass is 9.84. The Kier molecular flexibility index (Phi) is 47.6. The third-order valence-corrected chi connectivity index (χ3v) is 27.9. The zero-order valence-electron chi connectivity index (χ0n) is 87.5. The Bertz CT molecular complexity index is 5400. The van der Waals surface area contributed by atoms with E-state index in [1.54, 1.807) is 33.1 Å². The van der Waals surface area contributed by atoms with Crippen molar-refractivity contribution in [2.45, 2.75) is 350 Å². The molecule has 816 valence electrons. The number of carbonyl (C=O) groups is 13. The van der Waals surface area contributed by atoms with Crippen LogP contribution in [-0.4, -0.2) is 261 Å². The minimum Gasteiger partial charge on any atom is -0.449 e. The fourth-order valence-corrected chi connectivity index (χ4v) is 19.7. The zero-order chi connectivity index (χ0) is 105. The molecule has 10 N–H and O–H groups in total. The molecule has 0 aromatic heterocycles. The van der Waals surface area contributed by atoms with Crippen LogP contribution in [0.25, 0.3) is 22.3 Å². The highest BCUT2D eigenvalue weighted by atomic mass is 16.6. The molecule has 9 atom stereocenters. The Hall–Kier alpha value is -13.0. The summed E-state index contributed by atoms with van der Waals surface area (Å²) in [4.78, 5) is 192. The number of rotatable bonds is 39. The van der Waals surface area contributed by atoms with E-state index < -0.39 is 89.4 Å². The molecule has 14 rings (SSSR count). The van der Waals surface area contributed by atoms with Gasteiger partial charge in [-0.3, -0.25) is 72.8 Å². The van der Waals surface area contributed by atoms with Gasteiger partial charge in [0.05, 0.1) is 24.2 Å². The van der Waals surface area contributed by atoms with Crippen LogP contribution < -0.4 is 53.2 Å². The van der Waals surface area contributed by atoms with Crippen molar-refractivity contribution < 1.29 is 76.5 Å². The van der Waals surface area contributed by atoms with E-state index in [-0.39, 0.29) is 170 Å². The number of aliphatic imine (C=N–C) groups is 4. The summed E-state index contributed by atoms with van der Waals surface area (Å²) < 4.78 is 16.5. The van der Waals surface area contributed by atoms with E-state index in [4.69, 9.17) is 14.2 Å². The largest absolute Gasteiger partial charge is 0.449 e. The lowest BCUT2D eigenvalue weighted by Gasteiger charge is -2.36. The minimum absolute atomic E-state index is 0. The summed E-state index contributed by atoms with van der Waals surface area (Å²) in [6.45, 7) is 36.1. The highest BCUT2D eigenvalue weighted by molar-refractivity contribution is 6.43. The molecule has 0 radical (unpaired) electrons. The first-order valence-corrected chi connectivity index (χ1v) is 52.1. The van der Waals surface area contributed by atoms with Gasteiger partial charge in [0.2, 0.25) is 35.4 Å². The molecule has 5 saturated carbocycles. The fraction of sp³-hybridized carbons (Fsp3) is 0.578. The highest BCUT2D eigenvalue weighted by Gasteiger charge is 2.49. The monoisotopic (exact) mass is 2060 g/mol.